The van der Waals surface area contributed by atoms with Crippen molar-refractivity contribution in [3.63, 3.8) is 0 Å². The minimum absolute atomic E-state index is 0. The van der Waals surface area contributed by atoms with E-state index in [1.54, 1.807) is 51.3 Å². The Morgan fingerprint density at radius 2 is 1.16 bits per heavy atom. The van der Waals surface area contributed by atoms with Gasteiger partial charge in [-0.15, -0.1) is 0 Å². The molecule has 0 saturated carbocycles. The SMILES string of the molecule is CNC(=S)N/N=C/c1cnccn1.CNC(=S)N/N=C/c1cnccn1.F[B-](F)(F)F.[Co]. The van der Waals surface area contributed by atoms with Crippen LogP contribution in [0, 0.1) is 0 Å². The third kappa shape index (κ3) is 21.9. The molecule has 18 heteroatoms. The van der Waals surface area contributed by atoms with Crippen LogP contribution in [0.15, 0.2) is 47.4 Å². The Hall–Kier alpha value is -2.83. The number of halogens is 4. The van der Waals surface area contributed by atoms with Crippen molar-refractivity contribution in [3.8, 4) is 0 Å². The van der Waals surface area contributed by atoms with Gasteiger partial charge in [-0.2, -0.15) is 10.2 Å². The van der Waals surface area contributed by atoms with Gasteiger partial charge in [-0.05, 0) is 24.4 Å². The molecule has 10 nitrogen and oxygen atoms in total. The monoisotopic (exact) mass is 536 g/mol. The van der Waals surface area contributed by atoms with E-state index < -0.39 is 7.25 Å². The molecule has 2 aromatic heterocycles. The quantitative estimate of drug-likeness (QED) is 0.149. The van der Waals surface area contributed by atoms with Gasteiger partial charge in [0, 0.05) is 55.7 Å². The molecule has 0 aromatic carbocycles. The van der Waals surface area contributed by atoms with Gasteiger partial charge >= 0.3 is 7.25 Å². The summed E-state index contributed by atoms with van der Waals surface area (Å²) in [6.07, 6.45) is 12.7. The summed E-state index contributed by atoms with van der Waals surface area (Å²) in [6, 6.07) is 0. The van der Waals surface area contributed by atoms with E-state index in [2.05, 4.69) is 51.6 Å². The molecule has 0 saturated heterocycles. The van der Waals surface area contributed by atoms with Crippen molar-refractivity contribution in [2.45, 2.75) is 0 Å². The van der Waals surface area contributed by atoms with Crippen molar-refractivity contribution < 1.29 is 34.0 Å². The fraction of sp³-hybridized carbons (Fsp3) is 0.143. The Kier molecular flexibility index (Phi) is 18.5. The zero-order valence-electron chi connectivity index (χ0n) is 16.5. The van der Waals surface area contributed by atoms with Crippen LogP contribution in [0.25, 0.3) is 0 Å². The molecule has 4 N–H and O–H groups in total. The smallest absolute Gasteiger partial charge is 0.418 e. The summed E-state index contributed by atoms with van der Waals surface area (Å²) in [4.78, 5) is 15.7. The van der Waals surface area contributed by atoms with Crippen LogP contribution in [0.2, 0.25) is 0 Å². The Morgan fingerprint density at radius 1 is 0.812 bits per heavy atom. The number of hydrogen-bond donors (Lipinski definition) is 4. The number of nitrogens with zero attached hydrogens (tertiary/aromatic N) is 6. The zero-order chi connectivity index (χ0) is 23.5. The predicted molar refractivity (Wildman–Crippen MR) is 119 cm³/mol. The minimum Gasteiger partial charge on any atom is -0.418 e. The van der Waals surface area contributed by atoms with Crippen molar-refractivity contribution >= 4 is 54.3 Å². The molecular weight excluding hydrogens is 518 g/mol. The van der Waals surface area contributed by atoms with E-state index in [0.29, 0.717) is 21.6 Å². The molecule has 2 rings (SSSR count). The molecule has 0 fully saturated rings. The number of thiocarbonyl (C=S) groups is 2. The summed E-state index contributed by atoms with van der Waals surface area (Å²) in [5, 5.41) is 14.0. The van der Waals surface area contributed by atoms with Crippen molar-refractivity contribution in [2.75, 3.05) is 14.1 Å². The summed E-state index contributed by atoms with van der Waals surface area (Å²) < 4.78 is 39.0. The maximum absolute atomic E-state index is 9.75. The summed E-state index contributed by atoms with van der Waals surface area (Å²) >= 11 is 9.60. The standard InChI is InChI=1S/2C7H9N5S.BF4.Co/c2*1-8-7(13)12-11-5-6-4-9-2-3-10-6;2-1(3,4)5;/h2*2-5H,1H3,(H2,8,12,13);;/q;;-1;/b2*11-5+;;. The van der Waals surface area contributed by atoms with E-state index >= 15 is 0 Å². The molecular formula is C14H18BCoF4N10S2-. The van der Waals surface area contributed by atoms with E-state index in [-0.39, 0.29) is 16.8 Å². The summed E-state index contributed by atoms with van der Waals surface area (Å²) in [5.41, 5.74) is 6.56. The Morgan fingerprint density at radius 3 is 1.41 bits per heavy atom. The maximum atomic E-state index is 9.75. The molecule has 1 radical (unpaired) electrons. The van der Waals surface area contributed by atoms with E-state index in [1.165, 1.54) is 12.4 Å². The average molecular weight is 536 g/mol. The molecule has 0 aliphatic rings. The second-order valence-electron chi connectivity index (χ2n) is 4.65. The Labute approximate surface area is 202 Å². The number of nitrogens with one attached hydrogen (secondary N) is 4. The van der Waals surface area contributed by atoms with E-state index in [1.807, 2.05) is 0 Å². The van der Waals surface area contributed by atoms with Gasteiger partial charge in [0.15, 0.2) is 10.2 Å². The molecule has 0 spiro atoms. The first-order valence-corrected chi connectivity index (χ1v) is 8.88. The molecule has 0 amide bonds. The number of hydrogen-bond acceptors (Lipinski definition) is 8. The van der Waals surface area contributed by atoms with Crippen LogP contribution in [0.1, 0.15) is 11.4 Å². The first-order valence-electron chi connectivity index (χ1n) is 8.06. The molecule has 0 unspecified atom stereocenters. The van der Waals surface area contributed by atoms with Gasteiger partial charge in [-0.25, -0.2) is 0 Å². The summed E-state index contributed by atoms with van der Waals surface area (Å²) in [7, 11) is -2.57. The van der Waals surface area contributed by atoms with Gasteiger partial charge in [0.05, 0.1) is 24.8 Å². The van der Waals surface area contributed by atoms with Crippen LogP contribution in [-0.2, 0) is 16.8 Å². The molecule has 0 aliphatic carbocycles. The van der Waals surface area contributed by atoms with Gasteiger partial charge in [0.25, 0.3) is 0 Å². The second-order valence-corrected chi connectivity index (χ2v) is 5.47. The third-order valence-electron chi connectivity index (χ3n) is 2.35. The van der Waals surface area contributed by atoms with Crippen LogP contribution in [-0.4, -0.2) is 63.9 Å². The van der Waals surface area contributed by atoms with E-state index in [9.17, 15) is 17.3 Å². The van der Waals surface area contributed by atoms with Crippen LogP contribution in [0.3, 0.4) is 0 Å². The predicted octanol–water partition coefficient (Wildman–Crippen LogP) is 1.11. The topological polar surface area (TPSA) is 124 Å². The molecule has 0 aliphatic heterocycles. The maximum Gasteiger partial charge on any atom is 0.673 e. The fourth-order valence-corrected chi connectivity index (χ4v) is 1.29. The number of aromatic nitrogens is 4. The summed E-state index contributed by atoms with van der Waals surface area (Å²) in [5.74, 6) is 0. The average Bonchev–Trinajstić information content (AvgIpc) is 2.74. The first-order chi connectivity index (χ1) is 14.7. The minimum atomic E-state index is -6.00. The molecule has 177 valence electrons. The molecule has 32 heavy (non-hydrogen) atoms. The normalized spacial score (nSPS) is 9.94. The number of rotatable bonds is 4. The molecule has 2 heterocycles. The van der Waals surface area contributed by atoms with E-state index in [4.69, 9.17) is 24.4 Å². The Bertz CT molecular complexity index is 762. The van der Waals surface area contributed by atoms with Crippen LogP contribution >= 0.6 is 24.4 Å². The van der Waals surface area contributed by atoms with Crippen molar-refractivity contribution in [2.24, 2.45) is 10.2 Å². The van der Waals surface area contributed by atoms with Crippen molar-refractivity contribution in [3.05, 3.63) is 48.6 Å². The number of hydrazone groups is 2. The molecule has 0 atom stereocenters. The van der Waals surface area contributed by atoms with Crippen molar-refractivity contribution in [1.29, 1.82) is 0 Å². The fourth-order valence-electron chi connectivity index (χ4n) is 1.18. The molecule has 0 bridgehead atoms. The van der Waals surface area contributed by atoms with Crippen LogP contribution in [0.4, 0.5) is 17.3 Å². The van der Waals surface area contributed by atoms with Crippen LogP contribution in [0.5, 0.6) is 0 Å². The van der Waals surface area contributed by atoms with Crippen molar-refractivity contribution in [1.82, 2.24) is 41.4 Å². The van der Waals surface area contributed by atoms with Gasteiger partial charge in [0.2, 0.25) is 0 Å². The first kappa shape index (κ1) is 31.4. The van der Waals surface area contributed by atoms with Gasteiger partial charge < -0.3 is 27.9 Å². The summed E-state index contributed by atoms with van der Waals surface area (Å²) in [6.45, 7) is 0. The van der Waals surface area contributed by atoms with Gasteiger partial charge in [0.1, 0.15) is 11.4 Å². The second kappa shape index (κ2) is 18.9. The Balaban J connectivity index is 0. The molecule has 2 aromatic rings. The van der Waals surface area contributed by atoms with Gasteiger partial charge in [-0.1, -0.05) is 0 Å². The largest absolute Gasteiger partial charge is 0.673 e. The third-order valence-corrected chi connectivity index (χ3v) is 2.94. The van der Waals surface area contributed by atoms with E-state index in [0.717, 1.165) is 0 Å². The zero-order valence-corrected chi connectivity index (χ0v) is 19.2. The van der Waals surface area contributed by atoms with Crippen LogP contribution < -0.4 is 21.5 Å². The van der Waals surface area contributed by atoms with Gasteiger partial charge in [-0.3, -0.25) is 30.8 Å².